The zero-order valence-corrected chi connectivity index (χ0v) is 12.4. The van der Waals surface area contributed by atoms with Gasteiger partial charge in [0.15, 0.2) is 12.4 Å². The van der Waals surface area contributed by atoms with Crippen LogP contribution in [0.4, 0.5) is 4.39 Å². The molecule has 0 fully saturated rings. The zero-order chi connectivity index (χ0) is 15.4. The summed E-state index contributed by atoms with van der Waals surface area (Å²) >= 11 is 3.27. The molecule has 2 aromatic carbocycles. The van der Waals surface area contributed by atoms with E-state index in [1.165, 1.54) is 12.1 Å². The molecule has 4 nitrogen and oxygen atoms in total. The molecule has 1 amide bonds. The van der Waals surface area contributed by atoms with Gasteiger partial charge in [-0.05, 0) is 24.3 Å². The number of hydrogen-bond donors (Lipinski definition) is 1. The van der Waals surface area contributed by atoms with Crippen LogP contribution in [0.15, 0.2) is 46.9 Å². The first-order chi connectivity index (χ1) is 9.97. The van der Waals surface area contributed by atoms with E-state index in [0.29, 0.717) is 5.56 Å². The predicted octanol–water partition coefficient (Wildman–Crippen LogP) is 2.95. The van der Waals surface area contributed by atoms with Crippen molar-refractivity contribution in [1.82, 2.24) is 0 Å². The summed E-state index contributed by atoms with van der Waals surface area (Å²) in [5.74, 6) is -1.73. The Morgan fingerprint density at radius 3 is 2.57 bits per heavy atom. The van der Waals surface area contributed by atoms with Gasteiger partial charge >= 0.3 is 0 Å². The van der Waals surface area contributed by atoms with Crippen LogP contribution >= 0.6 is 15.9 Å². The van der Waals surface area contributed by atoms with E-state index in [1.54, 1.807) is 24.3 Å². The lowest BCUT2D eigenvalue weighted by atomic mass is 10.1. The molecule has 6 heteroatoms. The van der Waals surface area contributed by atoms with Gasteiger partial charge in [-0.25, -0.2) is 4.39 Å². The Labute approximate surface area is 128 Å². The highest BCUT2D eigenvalue weighted by Crippen LogP contribution is 2.17. The average Bonchev–Trinajstić information content (AvgIpc) is 2.44. The molecule has 0 aliphatic heterocycles. The molecule has 2 rings (SSSR count). The molecular formula is C15H11BrFNO3. The summed E-state index contributed by atoms with van der Waals surface area (Å²) in [5.41, 5.74) is 5.26. The number of benzene rings is 2. The van der Waals surface area contributed by atoms with Crippen LogP contribution in [0.5, 0.6) is 5.75 Å². The summed E-state index contributed by atoms with van der Waals surface area (Å²) in [7, 11) is 0. The van der Waals surface area contributed by atoms with Crippen LogP contribution in [0.1, 0.15) is 20.7 Å². The Morgan fingerprint density at radius 2 is 1.95 bits per heavy atom. The molecule has 0 heterocycles. The number of hydrogen-bond acceptors (Lipinski definition) is 3. The van der Waals surface area contributed by atoms with E-state index < -0.39 is 11.7 Å². The van der Waals surface area contributed by atoms with Gasteiger partial charge < -0.3 is 10.5 Å². The topological polar surface area (TPSA) is 69.4 Å². The second-order valence-corrected chi connectivity index (χ2v) is 5.14. The summed E-state index contributed by atoms with van der Waals surface area (Å²) in [5, 5.41) is 0. The minimum Gasteiger partial charge on any atom is -0.485 e. The number of carbonyl (C=O) groups excluding carboxylic acids is 2. The van der Waals surface area contributed by atoms with Crippen LogP contribution in [0, 0.1) is 5.82 Å². The lowest BCUT2D eigenvalue weighted by Crippen LogP contribution is -2.14. The predicted molar refractivity (Wildman–Crippen MR) is 78.9 cm³/mol. The van der Waals surface area contributed by atoms with Crippen LogP contribution in [0.25, 0.3) is 0 Å². The quantitative estimate of drug-likeness (QED) is 0.842. The maximum atomic E-state index is 13.5. The molecular weight excluding hydrogens is 341 g/mol. The molecule has 2 N–H and O–H groups in total. The van der Waals surface area contributed by atoms with Crippen LogP contribution in [0.2, 0.25) is 0 Å². The molecule has 0 spiro atoms. The average molecular weight is 352 g/mol. The van der Waals surface area contributed by atoms with E-state index >= 15 is 0 Å². The minimum atomic E-state index is -0.857. The standard InChI is InChI=1S/C15H11BrFNO3/c16-10-3-1-2-9(6-10)14(19)8-21-11-4-5-12(15(18)20)13(17)7-11/h1-7H,8H2,(H2,18,20). The van der Waals surface area contributed by atoms with Crippen LogP contribution in [-0.2, 0) is 0 Å². The van der Waals surface area contributed by atoms with Crippen molar-refractivity contribution in [1.29, 1.82) is 0 Å². The third kappa shape index (κ3) is 3.88. The number of amides is 1. The summed E-state index contributed by atoms with van der Waals surface area (Å²) < 4.78 is 19.5. The van der Waals surface area contributed by atoms with E-state index in [2.05, 4.69) is 15.9 Å². The molecule has 2 aromatic rings. The van der Waals surface area contributed by atoms with E-state index in [9.17, 15) is 14.0 Å². The van der Waals surface area contributed by atoms with Crippen molar-refractivity contribution in [3.8, 4) is 5.75 Å². The fourth-order valence-electron chi connectivity index (χ4n) is 1.68. The molecule has 0 aromatic heterocycles. The molecule has 0 saturated carbocycles. The Morgan fingerprint density at radius 1 is 1.19 bits per heavy atom. The maximum Gasteiger partial charge on any atom is 0.251 e. The van der Waals surface area contributed by atoms with Crippen molar-refractivity contribution in [2.45, 2.75) is 0 Å². The summed E-state index contributed by atoms with van der Waals surface area (Å²) in [4.78, 5) is 22.8. The molecule has 0 saturated heterocycles. The van der Waals surface area contributed by atoms with Gasteiger partial charge in [-0.2, -0.15) is 0 Å². The molecule has 0 aliphatic rings. The van der Waals surface area contributed by atoms with Gasteiger partial charge in [0, 0.05) is 16.1 Å². The molecule has 0 radical (unpaired) electrons. The first-order valence-corrected chi connectivity index (χ1v) is 6.77. The number of halogens is 2. The second kappa shape index (κ2) is 6.49. The number of nitrogens with two attached hydrogens (primary N) is 1. The first-order valence-electron chi connectivity index (χ1n) is 5.98. The van der Waals surface area contributed by atoms with Gasteiger partial charge in [0.25, 0.3) is 5.91 Å². The van der Waals surface area contributed by atoms with Gasteiger partial charge in [-0.1, -0.05) is 28.1 Å². The number of primary amides is 1. The fraction of sp³-hybridized carbons (Fsp3) is 0.0667. The lowest BCUT2D eigenvalue weighted by Gasteiger charge is -2.07. The van der Waals surface area contributed by atoms with Crippen molar-refractivity contribution >= 4 is 27.6 Å². The van der Waals surface area contributed by atoms with Crippen LogP contribution in [0.3, 0.4) is 0 Å². The van der Waals surface area contributed by atoms with Crippen molar-refractivity contribution in [3.63, 3.8) is 0 Å². The van der Waals surface area contributed by atoms with E-state index in [1.807, 2.05) is 0 Å². The molecule has 0 aliphatic carbocycles. The number of ketones is 1. The molecule has 0 atom stereocenters. The van der Waals surface area contributed by atoms with E-state index in [0.717, 1.165) is 10.5 Å². The molecule has 21 heavy (non-hydrogen) atoms. The molecule has 0 bridgehead atoms. The number of carbonyl (C=O) groups is 2. The van der Waals surface area contributed by atoms with Crippen molar-refractivity contribution in [2.24, 2.45) is 5.73 Å². The van der Waals surface area contributed by atoms with Gasteiger partial charge in [0.05, 0.1) is 5.56 Å². The van der Waals surface area contributed by atoms with E-state index in [-0.39, 0.29) is 23.7 Å². The zero-order valence-electron chi connectivity index (χ0n) is 10.8. The third-order valence-corrected chi connectivity index (χ3v) is 3.22. The van der Waals surface area contributed by atoms with Gasteiger partial charge in [-0.15, -0.1) is 0 Å². The second-order valence-electron chi connectivity index (χ2n) is 4.23. The highest BCUT2D eigenvalue weighted by Gasteiger charge is 2.11. The fourth-order valence-corrected chi connectivity index (χ4v) is 2.08. The van der Waals surface area contributed by atoms with Crippen LogP contribution in [-0.4, -0.2) is 18.3 Å². The number of Topliss-reactive ketones (excluding diaryl/α,β-unsaturated/α-hetero) is 1. The normalized spacial score (nSPS) is 10.2. The van der Waals surface area contributed by atoms with E-state index in [4.69, 9.17) is 10.5 Å². The maximum absolute atomic E-state index is 13.5. The summed E-state index contributed by atoms with van der Waals surface area (Å²) in [6, 6.07) is 10.5. The van der Waals surface area contributed by atoms with Gasteiger partial charge in [0.1, 0.15) is 11.6 Å². The number of ether oxygens (including phenoxy) is 1. The Balaban J connectivity index is 2.05. The largest absolute Gasteiger partial charge is 0.485 e. The Kier molecular flexibility index (Phi) is 4.70. The van der Waals surface area contributed by atoms with Gasteiger partial charge in [0.2, 0.25) is 0 Å². The van der Waals surface area contributed by atoms with Gasteiger partial charge in [-0.3, -0.25) is 9.59 Å². The SMILES string of the molecule is NC(=O)c1ccc(OCC(=O)c2cccc(Br)c2)cc1F. The molecule has 0 unspecified atom stereocenters. The summed E-state index contributed by atoms with van der Waals surface area (Å²) in [6.45, 7) is -0.230. The smallest absolute Gasteiger partial charge is 0.251 e. The summed E-state index contributed by atoms with van der Waals surface area (Å²) in [6.07, 6.45) is 0. The monoisotopic (exact) mass is 351 g/mol. The lowest BCUT2D eigenvalue weighted by molar-refractivity contribution is 0.0919. The molecule has 108 valence electrons. The Hall–Kier alpha value is -2.21. The third-order valence-electron chi connectivity index (χ3n) is 2.72. The van der Waals surface area contributed by atoms with Crippen molar-refractivity contribution < 1.29 is 18.7 Å². The van der Waals surface area contributed by atoms with Crippen molar-refractivity contribution in [3.05, 3.63) is 63.9 Å². The highest BCUT2D eigenvalue weighted by molar-refractivity contribution is 9.10. The first kappa shape index (κ1) is 15.2. The number of rotatable bonds is 5. The van der Waals surface area contributed by atoms with Crippen LogP contribution < -0.4 is 10.5 Å². The minimum absolute atomic E-state index is 0.154. The highest BCUT2D eigenvalue weighted by atomic mass is 79.9. The Bertz CT molecular complexity index is 703. The van der Waals surface area contributed by atoms with Crippen molar-refractivity contribution in [2.75, 3.05) is 6.61 Å².